The van der Waals surface area contributed by atoms with E-state index in [0.29, 0.717) is 50.3 Å². The van der Waals surface area contributed by atoms with E-state index in [9.17, 15) is 24.3 Å². The van der Waals surface area contributed by atoms with Crippen LogP contribution in [0.3, 0.4) is 0 Å². The number of anilines is 2. The summed E-state index contributed by atoms with van der Waals surface area (Å²) < 4.78 is 0. The number of carbonyl (C=O) groups excluding carboxylic acids is 3. The molecular formula is C35H40N6O5. The van der Waals surface area contributed by atoms with Gasteiger partial charge in [0.2, 0.25) is 17.7 Å². The molecule has 2 aliphatic heterocycles. The normalized spacial score (nSPS) is 19.9. The minimum Gasteiger partial charge on any atom is -0.465 e. The first-order valence-electron chi connectivity index (χ1n) is 15.7. The van der Waals surface area contributed by atoms with Gasteiger partial charge < -0.3 is 30.9 Å². The average molecular weight is 625 g/mol. The molecule has 46 heavy (non-hydrogen) atoms. The first-order valence-corrected chi connectivity index (χ1v) is 15.7. The molecule has 3 heterocycles. The van der Waals surface area contributed by atoms with Crippen LogP contribution < -0.4 is 16.0 Å². The molecule has 3 aromatic rings. The maximum Gasteiger partial charge on any atom is 0.407 e. The highest BCUT2D eigenvalue weighted by atomic mass is 16.4. The summed E-state index contributed by atoms with van der Waals surface area (Å²) in [6.45, 7) is 5.44. The third-order valence-corrected chi connectivity index (χ3v) is 9.97. The number of nitrogens with zero attached hydrogens (tertiary/aromatic N) is 3. The van der Waals surface area contributed by atoms with E-state index in [1.165, 1.54) is 11.9 Å². The molecule has 1 saturated heterocycles. The minimum absolute atomic E-state index is 0.0630. The third kappa shape index (κ3) is 5.71. The molecule has 4 N–H and O–H groups in total. The van der Waals surface area contributed by atoms with E-state index in [4.69, 9.17) is 0 Å². The summed E-state index contributed by atoms with van der Waals surface area (Å²) >= 11 is 0. The Morgan fingerprint density at radius 3 is 2.41 bits per heavy atom. The van der Waals surface area contributed by atoms with Crippen molar-refractivity contribution in [3.05, 3.63) is 88.6 Å². The highest BCUT2D eigenvalue weighted by Gasteiger charge is 2.51. The van der Waals surface area contributed by atoms with E-state index in [0.717, 1.165) is 27.8 Å². The molecule has 11 heteroatoms. The van der Waals surface area contributed by atoms with Gasteiger partial charge in [-0.15, -0.1) is 0 Å². The van der Waals surface area contributed by atoms with Crippen LogP contribution in [0, 0.1) is 5.41 Å². The molecule has 1 aliphatic carbocycles. The van der Waals surface area contributed by atoms with Crippen molar-refractivity contribution in [2.75, 3.05) is 30.8 Å². The van der Waals surface area contributed by atoms with E-state index >= 15 is 0 Å². The van der Waals surface area contributed by atoms with Gasteiger partial charge in [-0.3, -0.25) is 14.4 Å². The van der Waals surface area contributed by atoms with Crippen LogP contribution in [0.5, 0.6) is 0 Å². The topological polar surface area (TPSA) is 144 Å². The summed E-state index contributed by atoms with van der Waals surface area (Å²) in [5.41, 5.74) is 3.74. The lowest BCUT2D eigenvalue weighted by Gasteiger charge is -2.40. The van der Waals surface area contributed by atoms with Gasteiger partial charge in [0.05, 0.1) is 5.41 Å². The Balaban J connectivity index is 1.24. The maximum absolute atomic E-state index is 14.3. The summed E-state index contributed by atoms with van der Waals surface area (Å²) in [5, 5.41) is 18.7. The average Bonchev–Trinajstić information content (AvgIpc) is 3.56. The van der Waals surface area contributed by atoms with Crippen LogP contribution in [0.25, 0.3) is 0 Å². The summed E-state index contributed by atoms with van der Waals surface area (Å²) in [7, 11) is 1.50. The number of fused-ring (bicyclic) bond motifs is 3. The molecule has 4 amide bonds. The van der Waals surface area contributed by atoms with Crippen molar-refractivity contribution in [1.82, 2.24) is 20.1 Å². The van der Waals surface area contributed by atoms with Gasteiger partial charge >= 0.3 is 6.09 Å². The molecule has 0 saturated carbocycles. The van der Waals surface area contributed by atoms with Crippen LogP contribution in [0.15, 0.2) is 60.8 Å². The minimum atomic E-state index is -1.05. The van der Waals surface area contributed by atoms with Crippen LogP contribution in [0.4, 0.5) is 16.3 Å². The van der Waals surface area contributed by atoms with Crippen molar-refractivity contribution in [2.45, 2.75) is 64.1 Å². The number of hydrogen-bond donors (Lipinski definition) is 4. The number of carboxylic acid groups (broad SMARTS) is 1. The molecule has 2 atom stereocenters. The lowest BCUT2D eigenvalue weighted by molar-refractivity contribution is -0.148. The maximum atomic E-state index is 14.3. The quantitative estimate of drug-likeness (QED) is 0.297. The molecule has 240 valence electrons. The van der Waals surface area contributed by atoms with E-state index in [2.05, 4.69) is 20.9 Å². The van der Waals surface area contributed by atoms with Crippen molar-refractivity contribution in [3.63, 3.8) is 0 Å². The van der Waals surface area contributed by atoms with Crippen LogP contribution in [-0.2, 0) is 45.7 Å². The van der Waals surface area contributed by atoms with Crippen molar-refractivity contribution in [3.8, 4) is 0 Å². The number of pyridine rings is 1. The number of nitrogens with one attached hydrogen (secondary N) is 3. The number of benzene rings is 2. The number of rotatable bonds is 8. The number of aromatic nitrogens is 1. The standard InChI is InChI=1S/C35H40N6O5/c1-22(30(42)38-27-11-10-23-18-35(19-26(23)17-27)28-9-6-14-37-29(28)39-31(35)43)41(32(44)34(2)12-15-36-16-13-34)21-25-8-5-4-7-24(25)20-40(3)33(45)46/h4-11,14,17,22,36H,12-13,15-16,18-21H2,1-3H3,(H,38,42)(H,45,46)(H,37,39,43)/t22?,35-/m1/s1. The number of carbonyl (C=O) groups is 4. The summed E-state index contributed by atoms with van der Waals surface area (Å²) in [6.07, 6.45) is 2.99. The first-order chi connectivity index (χ1) is 22.0. The smallest absolute Gasteiger partial charge is 0.407 e. The molecule has 1 fully saturated rings. The molecule has 2 aromatic carbocycles. The van der Waals surface area contributed by atoms with E-state index in [1.54, 1.807) is 18.0 Å². The Kier molecular flexibility index (Phi) is 8.28. The summed E-state index contributed by atoms with van der Waals surface area (Å²) in [4.78, 5) is 60.0. The van der Waals surface area contributed by atoms with Crippen LogP contribution in [0.2, 0.25) is 0 Å². The van der Waals surface area contributed by atoms with Gasteiger partial charge in [-0.2, -0.15) is 0 Å². The van der Waals surface area contributed by atoms with Crippen LogP contribution >= 0.6 is 0 Å². The molecular weight excluding hydrogens is 584 g/mol. The number of hydrogen-bond acceptors (Lipinski definition) is 6. The zero-order chi connectivity index (χ0) is 32.6. The lowest BCUT2D eigenvalue weighted by Crippen LogP contribution is -2.53. The fourth-order valence-electron chi connectivity index (χ4n) is 7.03. The second kappa shape index (κ2) is 12.2. The Hall–Kier alpha value is -4.77. The first kappa shape index (κ1) is 31.2. The fraction of sp³-hybridized carbons (Fsp3) is 0.400. The van der Waals surface area contributed by atoms with E-state index < -0.39 is 23.0 Å². The van der Waals surface area contributed by atoms with Gasteiger partial charge in [-0.05, 0) is 86.1 Å². The lowest BCUT2D eigenvalue weighted by atomic mass is 9.79. The second-order valence-electron chi connectivity index (χ2n) is 13.1. The summed E-state index contributed by atoms with van der Waals surface area (Å²) in [6, 6.07) is 16.1. The molecule has 0 radical (unpaired) electrons. The molecule has 1 aromatic heterocycles. The third-order valence-electron chi connectivity index (χ3n) is 9.97. The van der Waals surface area contributed by atoms with Crippen molar-refractivity contribution < 1.29 is 24.3 Å². The van der Waals surface area contributed by atoms with E-state index in [1.807, 2.05) is 61.5 Å². The highest BCUT2D eigenvalue weighted by molar-refractivity contribution is 6.06. The monoisotopic (exact) mass is 624 g/mol. The molecule has 0 bridgehead atoms. The highest BCUT2D eigenvalue weighted by Crippen LogP contribution is 2.47. The Labute approximate surface area is 268 Å². The summed E-state index contributed by atoms with van der Waals surface area (Å²) in [5.74, 6) is 0.110. The van der Waals surface area contributed by atoms with Gasteiger partial charge in [-0.25, -0.2) is 9.78 Å². The number of piperidine rings is 1. The van der Waals surface area contributed by atoms with Gasteiger partial charge in [0.1, 0.15) is 11.9 Å². The van der Waals surface area contributed by atoms with E-state index in [-0.39, 0.29) is 30.8 Å². The second-order valence-corrected chi connectivity index (χ2v) is 13.1. The van der Waals surface area contributed by atoms with Gasteiger partial charge in [0.25, 0.3) is 0 Å². The van der Waals surface area contributed by atoms with Gasteiger partial charge in [0, 0.05) is 43.0 Å². The Morgan fingerprint density at radius 1 is 1.00 bits per heavy atom. The molecule has 3 aliphatic rings. The Bertz CT molecular complexity index is 1700. The molecule has 1 spiro atoms. The largest absolute Gasteiger partial charge is 0.465 e. The molecule has 6 rings (SSSR count). The van der Waals surface area contributed by atoms with Gasteiger partial charge in [0.15, 0.2) is 0 Å². The SMILES string of the molecule is CC(C(=O)Nc1ccc2c(c1)C[C@@]1(C2)C(=O)Nc2ncccc21)N(Cc1ccccc1CN(C)C(=O)O)C(=O)C1(C)CCNCC1. The van der Waals surface area contributed by atoms with Crippen molar-refractivity contribution in [1.29, 1.82) is 0 Å². The zero-order valence-corrected chi connectivity index (χ0v) is 26.4. The van der Waals surface area contributed by atoms with Gasteiger partial charge in [-0.1, -0.05) is 43.3 Å². The van der Waals surface area contributed by atoms with Crippen molar-refractivity contribution >= 4 is 35.3 Å². The zero-order valence-electron chi connectivity index (χ0n) is 26.4. The Morgan fingerprint density at radius 2 is 1.70 bits per heavy atom. The van der Waals surface area contributed by atoms with Crippen LogP contribution in [-0.4, -0.2) is 69.9 Å². The predicted molar refractivity (Wildman–Crippen MR) is 173 cm³/mol. The molecule has 11 nitrogen and oxygen atoms in total. The predicted octanol–water partition coefficient (Wildman–Crippen LogP) is 3.93. The number of amides is 4. The van der Waals surface area contributed by atoms with Crippen molar-refractivity contribution in [2.24, 2.45) is 5.41 Å². The molecule has 1 unspecified atom stereocenters. The van der Waals surface area contributed by atoms with Crippen LogP contribution in [0.1, 0.15) is 54.5 Å². The fourth-order valence-corrected chi connectivity index (χ4v) is 7.03.